The van der Waals surface area contributed by atoms with Crippen LogP contribution in [0, 0.1) is 5.41 Å². The third-order valence-corrected chi connectivity index (χ3v) is 4.54. The number of rotatable bonds is 5. The standard InChI is InChI=1S/C17H22N4O/c1-17(8-2-3-9-17)16(22)19-10-14-4-6-15(7-5-14)11-21-13-18-12-20-21/h4-7,12-13H,2-3,8-11H2,1H3,(H,19,22). The normalized spacial score (nSPS) is 16.6. The molecule has 1 aromatic carbocycles. The van der Waals surface area contributed by atoms with Crippen LogP contribution in [-0.4, -0.2) is 20.7 Å². The van der Waals surface area contributed by atoms with Crippen LogP contribution in [0.3, 0.4) is 0 Å². The van der Waals surface area contributed by atoms with Gasteiger partial charge in [0.15, 0.2) is 0 Å². The first-order valence-electron chi connectivity index (χ1n) is 7.84. The number of hydrogen-bond acceptors (Lipinski definition) is 3. The molecule has 22 heavy (non-hydrogen) atoms. The Hall–Kier alpha value is -2.17. The summed E-state index contributed by atoms with van der Waals surface area (Å²) >= 11 is 0. The van der Waals surface area contributed by atoms with E-state index in [4.69, 9.17) is 0 Å². The van der Waals surface area contributed by atoms with Crippen molar-refractivity contribution in [3.8, 4) is 0 Å². The van der Waals surface area contributed by atoms with Crippen molar-refractivity contribution in [3.05, 3.63) is 48.0 Å². The second-order valence-corrected chi connectivity index (χ2v) is 6.36. The summed E-state index contributed by atoms with van der Waals surface area (Å²) in [5.41, 5.74) is 2.13. The van der Waals surface area contributed by atoms with Crippen molar-refractivity contribution in [2.24, 2.45) is 5.41 Å². The summed E-state index contributed by atoms with van der Waals surface area (Å²) in [5.74, 6) is 0.191. The highest BCUT2D eigenvalue weighted by Gasteiger charge is 2.35. The van der Waals surface area contributed by atoms with Crippen LogP contribution >= 0.6 is 0 Å². The molecular weight excluding hydrogens is 276 g/mol. The van der Waals surface area contributed by atoms with Gasteiger partial charge in [0.2, 0.25) is 5.91 Å². The zero-order valence-corrected chi connectivity index (χ0v) is 13.0. The van der Waals surface area contributed by atoms with Crippen LogP contribution in [0.5, 0.6) is 0 Å². The quantitative estimate of drug-likeness (QED) is 0.922. The first kappa shape index (κ1) is 14.8. The van der Waals surface area contributed by atoms with Crippen LogP contribution in [0.2, 0.25) is 0 Å². The van der Waals surface area contributed by atoms with Crippen LogP contribution in [0.25, 0.3) is 0 Å². The first-order chi connectivity index (χ1) is 10.7. The fourth-order valence-electron chi connectivity index (χ4n) is 3.04. The smallest absolute Gasteiger partial charge is 0.226 e. The predicted octanol–water partition coefficient (Wildman–Crippen LogP) is 2.52. The molecule has 5 nitrogen and oxygen atoms in total. The van der Waals surface area contributed by atoms with Crippen LogP contribution in [0.1, 0.15) is 43.7 Å². The van der Waals surface area contributed by atoms with Crippen molar-refractivity contribution >= 4 is 5.91 Å². The second kappa shape index (κ2) is 6.30. The number of nitrogens with zero attached hydrogens (tertiary/aromatic N) is 3. The Morgan fingerprint density at radius 3 is 2.55 bits per heavy atom. The van der Waals surface area contributed by atoms with E-state index in [0.717, 1.165) is 18.4 Å². The maximum atomic E-state index is 12.3. The number of benzene rings is 1. The number of carbonyl (C=O) groups is 1. The van der Waals surface area contributed by atoms with E-state index >= 15 is 0 Å². The van der Waals surface area contributed by atoms with Gasteiger partial charge in [0.25, 0.3) is 0 Å². The highest BCUT2D eigenvalue weighted by molar-refractivity contribution is 5.82. The van der Waals surface area contributed by atoms with Crippen molar-refractivity contribution in [2.75, 3.05) is 0 Å². The summed E-state index contributed by atoms with van der Waals surface area (Å²) in [7, 11) is 0. The molecule has 5 heteroatoms. The van der Waals surface area contributed by atoms with Gasteiger partial charge >= 0.3 is 0 Å². The van der Waals surface area contributed by atoms with Gasteiger partial charge in [0.05, 0.1) is 6.54 Å². The molecule has 1 heterocycles. The van der Waals surface area contributed by atoms with Crippen LogP contribution < -0.4 is 5.32 Å². The fraction of sp³-hybridized carbons (Fsp3) is 0.471. The summed E-state index contributed by atoms with van der Waals surface area (Å²) < 4.78 is 1.79. The van der Waals surface area contributed by atoms with Crippen LogP contribution in [0.4, 0.5) is 0 Å². The van der Waals surface area contributed by atoms with Gasteiger partial charge in [-0.1, -0.05) is 44.0 Å². The molecule has 0 unspecified atom stereocenters. The number of carbonyl (C=O) groups excluding carboxylic acids is 1. The molecule has 1 aliphatic rings. The molecule has 116 valence electrons. The Labute approximate surface area is 130 Å². The molecule has 2 aromatic rings. The molecule has 1 saturated carbocycles. The molecule has 0 saturated heterocycles. The predicted molar refractivity (Wildman–Crippen MR) is 84.0 cm³/mol. The van der Waals surface area contributed by atoms with Crippen LogP contribution in [-0.2, 0) is 17.9 Å². The van der Waals surface area contributed by atoms with Crippen molar-refractivity contribution in [1.29, 1.82) is 0 Å². The maximum Gasteiger partial charge on any atom is 0.226 e. The highest BCUT2D eigenvalue weighted by atomic mass is 16.2. The Bertz CT molecular complexity index is 613. The lowest BCUT2D eigenvalue weighted by atomic mass is 9.88. The van der Waals surface area contributed by atoms with Gasteiger partial charge in [0.1, 0.15) is 12.7 Å². The van der Waals surface area contributed by atoms with Gasteiger partial charge in [-0.25, -0.2) is 9.67 Å². The molecule has 0 aliphatic heterocycles. The minimum atomic E-state index is -0.160. The average Bonchev–Trinajstić information content (AvgIpc) is 3.19. The summed E-state index contributed by atoms with van der Waals surface area (Å²) in [6.45, 7) is 3.39. The second-order valence-electron chi connectivity index (χ2n) is 6.36. The van der Waals surface area contributed by atoms with Gasteiger partial charge in [-0.3, -0.25) is 4.79 Å². The van der Waals surface area contributed by atoms with E-state index in [9.17, 15) is 4.79 Å². The van der Waals surface area contributed by atoms with E-state index in [2.05, 4.69) is 46.6 Å². The Morgan fingerprint density at radius 2 is 1.91 bits per heavy atom. The zero-order chi connectivity index (χ0) is 15.4. The summed E-state index contributed by atoms with van der Waals surface area (Å²) in [5, 5.41) is 7.17. The summed E-state index contributed by atoms with van der Waals surface area (Å²) in [6.07, 6.45) is 7.59. The first-order valence-corrected chi connectivity index (χ1v) is 7.84. The lowest BCUT2D eigenvalue weighted by molar-refractivity contribution is -0.130. The molecular formula is C17H22N4O. The molecule has 1 N–H and O–H groups in total. The molecule has 1 amide bonds. The molecule has 0 atom stereocenters. The van der Waals surface area contributed by atoms with E-state index < -0.39 is 0 Å². The number of amides is 1. The van der Waals surface area contributed by atoms with E-state index in [1.807, 2.05) is 0 Å². The number of aromatic nitrogens is 3. The summed E-state index contributed by atoms with van der Waals surface area (Å²) in [6, 6.07) is 8.26. The molecule has 0 bridgehead atoms. The van der Waals surface area contributed by atoms with E-state index in [1.54, 1.807) is 11.0 Å². The largest absolute Gasteiger partial charge is 0.352 e. The number of nitrogens with one attached hydrogen (secondary N) is 1. The summed E-state index contributed by atoms with van der Waals surface area (Å²) in [4.78, 5) is 16.2. The van der Waals surface area contributed by atoms with Crippen molar-refractivity contribution in [1.82, 2.24) is 20.1 Å². The molecule has 0 spiro atoms. The van der Waals surface area contributed by atoms with Crippen molar-refractivity contribution < 1.29 is 4.79 Å². The minimum Gasteiger partial charge on any atom is -0.352 e. The van der Waals surface area contributed by atoms with Crippen molar-refractivity contribution in [3.63, 3.8) is 0 Å². The van der Waals surface area contributed by atoms with Gasteiger partial charge < -0.3 is 5.32 Å². The zero-order valence-electron chi connectivity index (χ0n) is 13.0. The third-order valence-electron chi connectivity index (χ3n) is 4.54. The van der Waals surface area contributed by atoms with Crippen molar-refractivity contribution in [2.45, 2.75) is 45.7 Å². The van der Waals surface area contributed by atoms with E-state index in [-0.39, 0.29) is 11.3 Å². The lowest BCUT2D eigenvalue weighted by Crippen LogP contribution is -2.36. The van der Waals surface area contributed by atoms with Gasteiger partial charge in [0, 0.05) is 12.0 Å². The molecule has 0 radical (unpaired) electrons. The SMILES string of the molecule is CC1(C(=O)NCc2ccc(Cn3cncn3)cc2)CCCC1. The van der Waals surface area contributed by atoms with Gasteiger partial charge in [-0.2, -0.15) is 5.10 Å². The highest BCUT2D eigenvalue weighted by Crippen LogP contribution is 2.37. The Kier molecular flexibility index (Phi) is 4.22. The molecule has 3 rings (SSSR count). The average molecular weight is 298 g/mol. The van der Waals surface area contributed by atoms with E-state index in [1.165, 1.54) is 24.7 Å². The Balaban J connectivity index is 1.54. The Morgan fingerprint density at radius 1 is 1.23 bits per heavy atom. The topological polar surface area (TPSA) is 59.8 Å². The van der Waals surface area contributed by atoms with Gasteiger partial charge in [-0.05, 0) is 24.0 Å². The molecule has 1 aromatic heterocycles. The minimum absolute atomic E-state index is 0.160. The molecule has 1 aliphatic carbocycles. The fourth-order valence-corrected chi connectivity index (χ4v) is 3.04. The number of hydrogen-bond donors (Lipinski definition) is 1. The van der Waals surface area contributed by atoms with Crippen LogP contribution in [0.15, 0.2) is 36.9 Å². The maximum absolute atomic E-state index is 12.3. The monoisotopic (exact) mass is 298 g/mol. The van der Waals surface area contributed by atoms with Gasteiger partial charge in [-0.15, -0.1) is 0 Å². The molecule has 1 fully saturated rings. The van der Waals surface area contributed by atoms with E-state index in [0.29, 0.717) is 13.1 Å². The third kappa shape index (κ3) is 3.35. The lowest BCUT2D eigenvalue weighted by Gasteiger charge is -2.22.